The lowest BCUT2D eigenvalue weighted by Gasteiger charge is -2.16. The zero-order valence-corrected chi connectivity index (χ0v) is 14.3. The predicted octanol–water partition coefficient (Wildman–Crippen LogP) is 2.37. The third kappa shape index (κ3) is 4.42. The second kappa shape index (κ2) is 7.59. The number of hydrogen-bond donors (Lipinski definition) is 2. The Morgan fingerprint density at radius 1 is 1.29 bits per heavy atom. The van der Waals surface area contributed by atoms with Crippen molar-refractivity contribution >= 4 is 16.0 Å². The first-order chi connectivity index (χ1) is 11.3. The topological polar surface area (TPSA) is 110 Å². The molecule has 0 fully saturated rings. The van der Waals surface area contributed by atoms with Crippen molar-refractivity contribution in [2.75, 3.05) is 6.54 Å². The van der Waals surface area contributed by atoms with Crippen LogP contribution in [0.2, 0.25) is 0 Å². The predicted molar refractivity (Wildman–Crippen MR) is 87.7 cm³/mol. The van der Waals surface area contributed by atoms with Crippen molar-refractivity contribution in [3.8, 4) is 11.3 Å². The summed E-state index contributed by atoms with van der Waals surface area (Å²) in [4.78, 5) is 11.3. The molecule has 1 aromatic heterocycles. The number of benzene rings is 1. The van der Waals surface area contributed by atoms with E-state index in [-0.39, 0.29) is 17.4 Å². The number of carbonyl (C=O) groups is 1. The molecular weight excluding hydrogens is 332 g/mol. The van der Waals surface area contributed by atoms with Crippen LogP contribution in [0.3, 0.4) is 0 Å². The van der Waals surface area contributed by atoms with Crippen LogP contribution in [0.15, 0.2) is 45.9 Å². The van der Waals surface area contributed by atoms with Crippen molar-refractivity contribution in [1.29, 1.82) is 0 Å². The number of aromatic nitrogens is 1. The summed E-state index contributed by atoms with van der Waals surface area (Å²) in [6.45, 7) is 3.62. The molecule has 0 aliphatic rings. The van der Waals surface area contributed by atoms with Gasteiger partial charge in [0.25, 0.3) is 0 Å². The summed E-state index contributed by atoms with van der Waals surface area (Å²) >= 11 is 0. The van der Waals surface area contributed by atoms with E-state index in [1.54, 1.807) is 24.3 Å². The molecule has 1 atom stereocenters. The third-order valence-corrected chi connectivity index (χ3v) is 4.99. The molecule has 0 saturated heterocycles. The number of carboxylic acids is 1. The standard InChI is InChI=1S/C16H20N2O5S/c1-11(2)9-12(16(19)20)10-18-24(21,22)15-6-4-3-5-13(15)14-7-8-17-23-14/h3-8,11-12,18H,9-10H2,1-2H3,(H,19,20). The minimum absolute atomic E-state index is 0.0236. The van der Waals surface area contributed by atoms with Crippen LogP contribution < -0.4 is 4.72 Å². The van der Waals surface area contributed by atoms with Crippen LogP contribution in [0.5, 0.6) is 0 Å². The average Bonchev–Trinajstić information content (AvgIpc) is 3.05. The molecule has 0 aliphatic carbocycles. The lowest BCUT2D eigenvalue weighted by Crippen LogP contribution is -2.33. The Hall–Kier alpha value is -2.19. The van der Waals surface area contributed by atoms with Crippen molar-refractivity contribution in [3.05, 3.63) is 36.5 Å². The summed E-state index contributed by atoms with van der Waals surface area (Å²) < 4.78 is 32.6. The zero-order chi connectivity index (χ0) is 17.7. The molecule has 1 aromatic carbocycles. The zero-order valence-electron chi connectivity index (χ0n) is 13.5. The highest BCUT2D eigenvalue weighted by Crippen LogP contribution is 2.26. The smallest absolute Gasteiger partial charge is 0.307 e. The van der Waals surface area contributed by atoms with Gasteiger partial charge in [0.05, 0.1) is 17.0 Å². The van der Waals surface area contributed by atoms with Crippen molar-refractivity contribution in [1.82, 2.24) is 9.88 Å². The highest BCUT2D eigenvalue weighted by molar-refractivity contribution is 7.89. The second-order valence-electron chi connectivity index (χ2n) is 5.89. The fourth-order valence-electron chi connectivity index (χ4n) is 2.39. The van der Waals surface area contributed by atoms with Gasteiger partial charge in [-0.3, -0.25) is 4.79 Å². The molecule has 0 amide bonds. The number of nitrogens with zero attached hydrogens (tertiary/aromatic N) is 1. The lowest BCUT2D eigenvalue weighted by molar-refractivity contribution is -0.142. The molecule has 7 nitrogen and oxygen atoms in total. The average molecular weight is 352 g/mol. The SMILES string of the molecule is CC(C)CC(CNS(=O)(=O)c1ccccc1-c1ccno1)C(=O)O. The summed E-state index contributed by atoms with van der Waals surface area (Å²) in [5, 5.41) is 12.8. The van der Waals surface area contributed by atoms with Crippen LogP contribution in [0.4, 0.5) is 0 Å². The number of sulfonamides is 1. The van der Waals surface area contributed by atoms with E-state index in [0.717, 1.165) is 0 Å². The van der Waals surface area contributed by atoms with Crippen LogP contribution in [-0.2, 0) is 14.8 Å². The summed E-state index contributed by atoms with van der Waals surface area (Å²) in [6, 6.07) is 7.90. The fraction of sp³-hybridized carbons (Fsp3) is 0.375. The lowest BCUT2D eigenvalue weighted by atomic mass is 9.98. The van der Waals surface area contributed by atoms with Gasteiger partial charge in [0, 0.05) is 18.2 Å². The van der Waals surface area contributed by atoms with E-state index in [0.29, 0.717) is 17.7 Å². The Labute approximate surface area is 140 Å². The van der Waals surface area contributed by atoms with Crippen molar-refractivity contribution in [2.45, 2.75) is 25.2 Å². The van der Waals surface area contributed by atoms with Crippen LogP contribution in [0, 0.1) is 11.8 Å². The van der Waals surface area contributed by atoms with E-state index in [2.05, 4.69) is 9.88 Å². The minimum Gasteiger partial charge on any atom is -0.481 e. The van der Waals surface area contributed by atoms with Crippen LogP contribution in [-0.4, -0.2) is 31.2 Å². The first kappa shape index (κ1) is 18.2. The van der Waals surface area contributed by atoms with E-state index in [4.69, 9.17) is 4.52 Å². The Balaban J connectivity index is 2.24. The van der Waals surface area contributed by atoms with Gasteiger partial charge < -0.3 is 9.63 Å². The van der Waals surface area contributed by atoms with Gasteiger partial charge in [-0.15, -0.1) is 0 Å². The maximum absolute atomic E-state index is 12.6. The maximum Gasteiger partial charge on any atom is 0.307 e. The fourth-order valence-corrected chi connectivity index (χ4v) is 3.68. The van der Waals surface area contributed by atoms with E-state index >= 15 is 0 Å². The molecule has 0 aliphatic heterocycles. The molecule has 1 unspecified atom stereocenters. The summed E-state index contributed by atoms with van der Waals surface area (Å²) in [5.74, 6) is -1.32. The monoisotopic (exact) mass is 352 g/mol. The highest BCUT2D eigenvalue weighted by atomic mass is 32.2. The van der Waals surface area contributed by atoms with Gasteiger partial charge >= 0.3 is 5.97 Å². The van der Waals surface area contributed by atoms with Crippen LogP contribution in [0.25, 0.3) is 11.3 Å². The summed E-state index contributed by atoms with van der Waals surface area (Å²) in [6.07, 6.45) is 1.82. The Kier molecular flexibility index (Phi) is 5.74. The van der Waals surface area contributed by atoms with Gasteiger partial charge in [-0.05, 0) is 24.5 Å². The largest absolute Gasteiger partial charge is 0.481 e. The molecule has 0 radical (unpaired) electrons. The van der Waals surface area contributed by atoms with Gasteiger partial charge in [0.15, 0.2) is 5.76 Å². The van der Waals surface area contributed by atoms with E-state index in [1.807, 2.05) is 13.8 Å². The van der Waals surface area contributed by atoms with E-state index in [9.17, 15) is 18.3 Å². The Morgan fingerprint density at radius 3 is 2.58 bits per heavy atom. The van der Waals surface area contributed by atoms with Gasteiger partial charge in [-0.1, -0.05) is 31.1 Å². The Morgan fingerprint density at radius 2 is 2.00 bits per heavy atom. The molecule has 1 heterocycles. The summed E-state index contributed by atoms with van der Waals surface area (Å²) in [7, 11) is -3.88. The number of carboxylic acid groups (broad SMARTS) is 1. The first-order valence-corrected chi connectivity index (χ1v) is 9.02. The van der Waals surface area contributed by atoms with Crippen molar-refractivity contribution in [2.24, 2.45) is 11.8 Å². The van der Waals surface area contributed by atoms with Crippen molar-refractivity contribution < 1.29 is 22.8 Å². The maximum atomic E-state index is 12.6. The van der Waals surface area contributed by atoms with E-state index in [1.165, 1.54) is 12.3 Å². The number of aliphatic carboxylic acids is 1. The molecule has 0 saturated carbocycles. The number of hydrogen-bond acceptors (Lipinski definition) is 5. The van der Waals surface area contributed by atoms with Gasteiger partial charge in [-0.25, -0.2) is 13.1 Å². The first-order valence-electron chi connectivity index (χ1n) is 7.54. The van der Waals surface area contributed by atoms with Crippen LogP contribution >= 0.6 is 0 Å². The van der Waals surface area contributed by atoms with Crippen molar-refractivity contribution in [3.63, 3.8) is 0 Å². The summed E-state index contributed by atoms with van der Waals surface area (Å²) in [5.41, 5.74) is 0.373. The van der Waals surface area contributed by atoms with Crippen LogP contribution in [0.1, 0.15) is 20.3 Å². The van der Waals surface area contributed by atoms with Gasteiger partial charge in [0.1, 0.15) is 0 Å². The number of nitrogens with one attached hydrogen (secondary N) is 1. The van der Waals surface area contributed by atoms with E-state index < -0.39 is 21.9 Å². The molecular formula is C16H20N2O5S. The second-order valence-corrected chi connectivity index (χ2v) is 7.62. The number of rotatable bonds is 8. The molecule has 2 aromatic rings. The third-order valence-electron chi connectivity index (χ3n) is 3.50. The Bertz CT molecular complexity index is 785. The highest BCUT2D eigenvalue weighted by Gasteiger charge is 2.25. The molecule has 24 heavy (non-hydrogen) atoms. The molecule has 130 valence electrons. The van der Waals surface area contributed by atoms with Gasteiger partial charge in [0.2, 0.25) is 10.0 Å². The molecule has 0 bridgehead atoms. The molecule has 2 rings (SSSR count). The molecule has 2 N–H and O–H groups in total. The quantitative estimate of drug-likeness (QED) is 0.755. The minimum atomic E-state index is -3.88. The van der Waals surface area contributed by atoms with Gasteiger partial charge in [-0.2, -0.15) is 0 Å². The molecule has 8 heteroatoms. The normalized spacial score (nSPS) is 13.1. The molecule has 0 spiro atoms.